The molecule has 2 heterocycles. The maximum absolute atomic E-state index is 14.1. The second kappa shape index (κ2) is 7.19. The summed E-state index contributed by atoms with van der Waals surface area (Å²) in [5.74, 6) is -0.855. The van der Waals surface area contributed by atoms with Crippen LogP contribution in [-0.4, -0.2) is 32.9 Å². The van der Waals surface area contributed by atoms with Gasteiger partial charge in [0.2, 0.25) is 0 Å². The number of carbonyl (C=O) groups is 1. The van der Waals surface area contributed by atoms with Crippen molar-refractivity contribution < 1.29 is 19.0 Å². The number of benzene rings is 1. The maximum Gasteiger partial charge on any atom is 0.307 e. The van der Waals surface area contributed by atoms with Crippen LogP contribution in [0.1, 0.15) is 23.5 Å². The number of halogens is 1. The molecule has 2 atom stereocenters. The molecule has 2 aromatic heterocycles. The fourth-order valence-corrected chi connectivity index (χ4v) is 3.16. The summed E-state index contributed by atoms with van der Waals surface area (Å²) in [6.45, 7) is 0.304. The third-order valence-electron chi connectivity index (χ3n) is 4.76. The summed E-state index contributed by atoms with van der Waals surface area (Å²) in [7, 11) is 0. The third-order valence-corrected chi connectivity index (χ3v) is 4.76. The third kappa shape index (κ3) is 3.81. The molecule has 0 bridgehead atoms. The van der Waals surface area contributed by atoms with Crippen LogP contribution in [0.2, 0.25) is 0 Å². The SMILES string of the molecule is O=C(O)C1CC1c1ccc(F)c(CCOc2ccc(-c3ccn[nH]3)nc2)c1. The number of aliphatic carboxylic acids is 1. The van der Waals surface area contributed by atoms with Crippen molar-refractivity contribution in [2.24, 2.45) is 5.92 Å². The first-order valence-electron chi connectivity index (χ1n) is 8.71. The highest BCUT2D eigenvalue weighted by atomic mass is 19.1. The Morgan fingerprint density at radius 2 is 2.19 bits per heavy atom. The van der Waals surface area contributed by atoms with Gasteiger partial charge >= 0.3 is 5.97 Å². The van der Waals surface area contributed by atoms with Gasteiger partial charge in [-0.25, -0.2) is 4.39 Å². The van der Waals surface area contributed by atoms with Gasteiger partial charge in [-0.2, -0.15) is 5.10 Å². The van der Waals surface area contributed by atoms with Crippen molar-refractivity contribution in [3.05, 3.63) is 65.7 Å². The van der Waals surface area contributed by atoms with Crippen molar-refractivity contribution in [3.63, 3.8) is 0 Å². The molecule has 4 rings (SSSR count). The molecule has 2 N–H and O–H groups in total. The number of ether oxygens (including phenoxy) is 1. The first-order chi connectivity index (χ1) is 13.1. The Hall–Kier alpha value is -3.22. The van der Waals surface area contributed by atoms with Gasteiger partial charge in [-0.05, 0) is 47.7 Å². The molecule has 1 aromatic carbocycles. The summed E-state index contributed by atoms with van der Waals surface area (Å²) >= 11 is 0. The Morgan fingerprint density at radius 3 is 2.85 bits per heavy atom. The monoisotopic (exact) mass is 367 g/mol. The highest BCUT2D eigenvalue weighted by molar-refractivity contribution is 5.75. The Labute approximate surface area is 155 Å². The topological polar surface area (TPSA) is 88.1 Å². The van der Waals surface area contributed by atoms with Crippen molar-refractivity contribution in [2.75, 3.05) is 6.61 Å². The molecule has 6 nitrogen and oxygen atoms in total. The highest BCUT2D eigenvalue weighted by Crippen LogP contribution is 2.47. The minimum absolute atomic E-state index is 0.0120. The largest absolute Gasteiger partial charge is 0.492 e. The normalized spacial score (nSPS) is 18.3. The minimum Gasteiger partial charge on any atom is -0.492 e. The van der Waals surface area contributed by atoms with Crippen LogP contribution in [-0.2, 0) is 11.2 Å². The summed E-state index contributed by atoms with van der Waals surface area (Å²) in [4.78, 5) is 15.3. The van der Waals surface area contributed by atoms with Crippen LogP contribution in [0, 0.1) is 11.7 Å². The van der Waals surface area contributed by atoms with E-state index >= 15 is 0 Å². The van der Waals surface area contributed by atoms with E-state index in [1.165, 1.54) is 6.07 Å². The zero-order chi connectivity index (χ0) is 18.8. The highest BCUT2D eigenvalue weighted by Gasteiger charge is 2.44. The van der Waals surface area contributed by atoms with Crippen molar-refractivity contribution in [1.82, 2.24) is 15.2 Å². The van der Waals surface area contributed by atoms with Crippen molar-refractivity contribution in [2.45, 2.75) is 18.8 Å². The van der Waals surface area contributed by atoms with Gasteiger partial charge in [-0.3, -0.25) is 14.9 Å². The van der Waals surface area contributed by atoms with E-state index in [0.717, 1.165) is 17.0 Å². The Balaban J connectivity index is 1.35. The number of rotatable bonds is 7. The molecular weight excluding hydrogens is 349 g/mol. The second-order valence-electron chi connectivity index (χ2n) is 6.59. The van der Waals surface area contributed by atoms with Crippen LogP contribution in [0.15, 0.2) is 48.8 Å². The molecule has 27 heavy (non-hydrogen) atoms. The lowest BCUT2D eigenvalue weighted by Gasteiger charge is -2.09. The van der Waals surface area contributed by atoms with Gasteiger partial charge in [0.05, 0.1) is 30.1 Å². The van der Waals surface area contributed by atoms with Gasteiger partial charge in [-0.15, -0.1) is 0 Å². The van der Waals surface area contributed by atoms with Gasteiger partial charge in [0.15, 0.2) is 0 Å². The van der Waals surface area contributed by atoms with Crippen molar-refractivity contribution in [1.29, 1.82) is 0 Å². The van der Waals surface area contributed by atoms with Gasteiger partial charge in [0.1, 0.15) is 11.6 Å². The smallest absolute Gasteiger partial charge is 0.307 e. The molecular formula is C20H18FN3O3. The van der Waals surface area contributed by atoms with E-state index in [0.29, 0.717) is 30.8 Å². The van der Waals surface area contributed by atoms with Crippen molar-refractivity contribution >= 4 is 5.97 Å². The lowest BCUT2D eigenvalue weighted by Crippen LogP contribution is -2.05. The summed E-state index contributed by atoms with van der Waals surface area (Å²) < 4.78 is 19.7. The van der Waals surface area contributed by atoms with Crippen LogP contribution in [0.5, 0.6) is 5.75 Å². The number of pyridine rings is 1. The Bertz CT molecular complexity index is 942. The first-order valence-corrected chi connectivity index (χ1v) is 8.71. The van der Waals surface area contributed by atoms with E-state index in [4.69, 9.17) is 9.84 Å². The molecule has 0 aliphatic heterocycles. The number of carboxylic acids is 1. The number of hydrogen-bond acceptors (Lipinski definition) is 4. The second-order valence-corrected chi connectivity index (χ2v) is 6.59. The fraction of sp³-hybridized carbons (Fsp3) is 0.250. The molecule has 7 heteroatoms. The quantitative estimate of drug-likeness (QED) is 0.668. The molecule has 0 amide bonds. The Kier molecular flexibility index (Phi) is 4.58. The zero-order valence-corrected chi connectivity index (χ0v) is 14.4. The van der Waals surface area contributed by atoms with E-state index in [2.05, 4.69) is 15.2 Å². The van der Waals surface area contributed by atoms with E-state index in [-0.39, 0.29) is 17.7 Å². The van der Waals surface area contributed by atoms with E-state index in [9.17, 15) is 9.18 Å². The number of carboxylic acid groups (broad SMARTS) is 1. The summed E-state index contributed by atoms with van der Waals surface area (Å²) in [5, 5.41) is 15.8. The molecule has 1 saturated carbocycles. The summed E-state index contributed by atoms with van der Waals surface area (Å²) in [6.07, 6.45) is 4.28. The van der Waals surface area contributed by atoms with Gasteiger partial charge in [0.25, 0.3) is 0 Å². The average molecular weight is 367 g/mol. The standard InChI is InChI=1S/C20H18FN3O3/c21-17-3-1-12(15-10-16(15)20(25)26)9-13(17)6-8-27-14-2-4-18(22-11-14)19-5-7-23-24-19/h1-5,7,9,11,15-16H,6,8,10H2,(H,23,24)(H,25,26). The van der Waals surface area contributed by atoms with Crippen LogP contribution in [0.3, 0.4) is 0 Å². The lowest BCUT2D eigenvalue weighted by atomic mass is 10.0. The molecule has 1 aliphatic rings. The molecule has 0 saturated heterocycles. The molecule has 3 aromatic rings. The minimum atomic E-state index is -0.791. The van der Waals surface area contributed by atoms with E-state index in [1.807, 2.05) is 12.1 Å². The number of nitrogens with one attached hydrogen (secondary N) is 1. The molecule has 2 unspecified atom stereocenters. The molecule has 1 fully saturated rings. The van der Waals surface area contributed by atoms with Gasteiger partial charge in [-0.1, -0.05) is 12.1 Å². The van der Waals surface area contributed by atoms with Gasteiger partial charge < -0.3 is 9.84 Å². The van der Waals surface area contributed by atoms with E-state index < -0.39 is 5.97 Å². The van der Waals surface area contributed by atoms with Crippen LogP contribution in [0.4, 0.5) is 4.39 Å². The molecule has 0 spiro atoms. The summed E-state index contributed by atoms with van der Waals surface area (Å²) in [6, 6.07) is 10.3. The molecule has 1 aliphatic carbocycles. The number of H-pyrrole nitrogens is 1. The predicted octanol–water partition coefficient (Wildman–Crippen LogP) is 3.42. The maximum atomic E-state index is 14.1. The zero-order valence-electron chi connectivity index (χ0n) is 14.4. The van der Waals surface area contributed by atoms with Crippen molar-refractivity contribution in [3.8, 4) is 17.1 Å². The van der Waals surface area contributed by atoms with Crippen LogP contribution >= 0.6 is 0 Å². The molecule has 0 radical (unpaired) electrons. The lowest BCUT2D eigenvalue weighted by molar-refractivity contribution is -0.138. The fourth-order valence-electron chi connectivity index (χ4n) is 3.16. The number of aromatic nitrogens is 3. The predicted molar refractivity (Wildman–Crippen MR) is 95.9 cm³/mol. The van der Waals surface area contributed by atoms with E-state index in [1.54, 1.807) is 30.6 Å². The summed E-state index contributed by atoms with van der Waals surface area (Å²) in [5.41, 5.74) is 2.99. The number of aromatic amines is 1. The average Bonchev–Trinajstić information content (AvgIpc) is 3.29. The van der Waals surface area contributed by atoms with Crippen LogP contribution < -0.4 is 4.74 Å². The first kappa shape index (κ1) is 17.2. The Morgan fingerprint density at radius 1 is 1.30 bits per heavy atom. The van der Waals surface area contributed by atoms with Crippen LogP contribution in [0.25, 0.3) is 11.4 Å². The molecule has 138 valence electrons. The number of nitrogens with zero attached hydrogens (tertiary/aromatic N) is 2. The van der Waals surface area contributed by atoms with Gasteiger partial charge in [0, 0.05) is 12.6 Å². The number of hydrogen-bond donors (Lipinski definition) is 2.